The fourth-order valence-corrected chi connectivity index (χ4v) is 6.32. The first-order valence-corrected chi connectivity index (χ1v) is 8.48. The Bertz CT molecular complexity index is 393. The summed E-state index contributed by atoms with van der Waals surface area (Å²) in [5, 5.41) is 3.31. The molecule has 0 aromatic heterocycles. The van der Waals surface area contributed by atoms with Crippen LogP contribution in [0.3, 0.4) is 0 Å². The molecule has 1 N–H and O–H groups in total. The third-order valence-electron chi connectivity index (χ3n) is 7.29. The Kier molecular flexibility index (Phi) is 2.72. The Morgan fingerprint density at radius 2 is 1.95 bits per heavy atom. The highest BCUT2D eigenvalue weighted by Gasteiger charge is 2.55. The van der Waals surface area contributed by atoms with Crippen LogP contribution in [-0.2, 0) is 4.79 Å². The van der Waals surface area contributed by atoms with E-state index in [1.54, 1.807) is 0 Å². The summed E-state index contributed by atoms with van der Waals surface area (Å²) in [5.74, 6) is 4.27. The molecule has 0 spiro atoms. The third kappa shape index (κ3) is 1.71. The number of fused-ring (bicyclic) bond motifs is 5. The van der Waals surface area contributed by atoms with Gasteiger partial charge in [-0.25, -0.2) is 0 Å². The largest absolute Gasteiger partial charge is 0.353 e. The first kappa shape index (κ1) is 12.2. The van der Waals surface area contributed by atoms with Gasteiger partial charge in [-0.1, -0.05) is 19.8 Å². The molecular formula is C17H27NO. The Hall–Kier alpha value is -0.530. The summed E-state index contributed by atoms with van der Waals surface area (Å²) < 4.78 is 0. The van der Waals surface area contributed by atoms with E-state index >= 15 is 0 Å². The molecule has 106 valence electrons. The van der Waals surface area contributed by atoms with Gasteiger partial charge in [0.1, 0.15) is 0 Å². The number of amides is 1. The highest BCUT2D eigenvalue weighted by atomic mass is 16.1. The average Bonchev–Trinajstić information content (AvgIpc) is 2.88. The SMILES string of the molecule is CC12CCC(=O)NC1CCC1C3CCCC3CCC12. The second kappa shape index (κ2) is 4.23. The molecule has 2 heteroatoms. The van der Waals surface area contributed by atoms with Crippen molar-refractivity contribution in [3.8, 4) is 0 Å². The minimum atomic E-state index is 0.301. The van der Waals surface area contributed by atoms with Crippen molar-refractivity contribution in [3.63, 3.8) is 0 Å². The minimum absolute atomic E-state index is 0.301. The van der Waals surface area contributed by atoms with Gasteiger partial charge in [-0.05, 0) is 67.6 Å². The van der Waals surface area contributed by atoms with Gasteiger partial charge in [0.2, 0.25) is 5.91 Å². The van der Waals surface area contributed by atoms with Gasteiger partial charge in [-0.3, -0.25) is 4.79 Å². The first-order chi connectivity index (χ1) is 9.18. The molecule has 1 aliphatic heterocycles. The molecular weight excluding hydrogens is 234 g/mol. The summed E-state index contributed by atoms with van der Waals surface area (Å²) in [4.78, 5) is 11.7. The maximum absolute atomic E-state index is 11.7. The van der Waals surface area contributed by atoms with E-state index in [2.05, 4.69) is 12.2 Å². The number of rotatable bonds is 0. The molecule has 4 fully saturated rings. The lowest BCUT2D eigenvalue weighted by atomic mass is 9.50. The van der Waals surface area contributed by atoms with Crippen molar-refractivity contribution in [2.75, 3.05) is 0 Å². The number of nitrogens with one attached hydrogen (secondary N) is 1. The minimum Gasteiger partial charge on any atom is -0.353 e. The molecule has 0 bridgehead atoms. The zero-order chi connectivity index (χ0) is 13.0. The quantitative estimate of drug-likeness (QED) is 0.710. The van der Waals surface area contributed by atoms with Crippen LogP contribution in [0.5, 0.6) is 0 Å². The van der Waals surface area contributed by atoms with Gasteiger partial charge in [0, 0.05) is 12.5 Å². The van der Waals surface area contributed by atoms with Crippen molar-refractivity contribution in [1.29, 1.82) is 0 Å². The van der Waals surface area contributed by atoms with E-state index in [-0.39, 0.29) is 0 Å². The van der Waals surface area contributed by atoms with Gasteiger partial charge in [0.25, 0.3) is 0 Å². The summed E-state index contributed by atoms with van der Waals surface area (Å²) in [6.45, 7) is 2.49. The van der Waals surface area contributed by atoms with Crippen LogP contribution in [0.15, 0.2) is 0 Å². The van der Waals surface area contributed by atoms with E-state index in [4.69, 9.17) is 0 Å². The van der Waals surface area contributed by atoms with E-state index in [1.807, 2.05) is 0 Å². The maximum atomic E-state index is 11.7. The lowest BCUT2D eigenvalue weighted by Gasteiger charge is -2.57. The molecule has 3 aliphatic carbocycles. The van der Waals surface area contributed by atoms with Crippen LogP contribution in [0.25, 0.3) is 0 Å². The van der Waals surface area contributed by atoms with Gasteiger partial charge in [0.05, 0.1) is 0 Å². The van der Waals surface area contributed by atoms with Crippen LogP contribution in [0.2, 0.25) is 0 Å². The normalized spacial score (nSPS) is 52.9. The monoisotopic (exact) mass is 261 g/mol. The number of carbonyl (C=O) groups excluding carboxylic acids is 1. The molecule has 1 heterocycles. The van der Waals surface area contributed by atoms with Crippen LogP contribution < -0.4 is 5.32 Å². The first-order valence-electron chi connectivity index (χ1n) is 8.48. The Labute approximate surface area is 116 Å². The molecule has 0 aromatic rings. The van der Waals surface area contributed by atoms with Crippen molar-refractivity contribution >= 4 is 5.91 Å². The van der Waals surface area contributed by atoms with Crippen LogP contribution in [0.1, 0.15) is 64.7 Å². The Morgan fingerprint density at radius 1 is 1.05 bits per heavy atom. The van der Waals surface area contributed by atoms with E-state index in [9.17, 15) is 4.79 Å². The lowest BCUT2D eigenvalue weighted by Crippen LogP contribution is -2.59. The average molecular weight is 261 g/mol. The number of carbonyl (C=O) groups is 1. The van der Waals surface area contributed by atoms with Gasteiger partial charge in [-0.15, -0.1) is 0 Å². The molecule has 4 rings (SSSR count). The lowest BCUT2D eigenvalue weighted by molar-refractivity contribution is -0.133. The van der Waals surface area contributed by atoms with E-state index in [1.165, 1.54) is 44.9 Å². The van der Waals surface area contributed by atoms with Crippen LogP contribution in [0.4, 0.5) is 0 Å². The van der Waals surface area contributed by atoms with E-state index in [0.717, 1.165) is 36.5 Å². The number of hydrogen-bond acceptors (Lipinski definition) is 1. The molecule has 1 amide bonds. The van der Waals surface area contributed by atoms with Crippen LogP contribution >= 0.6 is 0 Å². The van der Waals surface area contributed by atoms with Crippen molar-refractivity contribution in [3.05, 3.63) is 0 Å². The van der Waals surface area contributed by atoms with Crippen molar-refractivity contribution in [2.45, 2.75) is 70.8 Å². The molecule has 6 atom stereocenters. The van der Waals surface area contributed by atoms with Crippen LogP contribution in [0, 0.1) is 29.1 Å². The van der Waals surface area contributed by atoms with Crippen molar-refractivity contribution in [2.24, 2.45) is 29.1 Å². The summed E-state index contributed by atoms with van der Waals surface area (Å²) in [6.07, 6.45) is 11.9. The summed E-state index contributed by atoms with van der Waals surface area (Å²) >= 11 is 0. The molecule has 6 unspecified atom stereocenters. The molecule has 1 saturated heterocycles. The number of piperidine rings is 1. The van der Waals surface area contributed by atoms with Crippen molar-refractivity contribution < 1.29 is 4.79 Å². The fourth-order valence-electron chi connectivity index (χ4n) is 6.32. The second-order valence-corrected chi connectivity index (χ2v) is 7.91. The smallest absolute Gasteiger partial charge is 0.220 e. The van der Waals surface area contributed by atoms with Crippen molar-refractivity contribution in [1.82, 2.24) is 5.32 Å². The third-order valence-corrected chi connectivity index (χ3v) is 7.29. The summed E-state index contributed by atoms with van der Waals surface area (Å²) in [6, 6.07) is 0.480. The molecule has 3 saturated carbocycles. The van der Waals surface area contributed by atoms with Crippen LogP contribution in [-0.4, -0.2) is 11.9 Å². The molecule has 0 radical (unpaired) electrons. The molecule has 19 heavy (non-hydrogen) atoms. The second-order valence-electron chi connectivity index (χ2n) is 7.91. The topological polar surface area (TPSA) is 29.1 Å². The molecule has 4 aliphatic rings. The Balaban J connectivity index is 1.62. The highest BCUT2D eigenvalue weighted by Crippen LogP contribution is 2.59. The predicted octanol–water partition coefficient (Wildman–Crippen LogP) is 3.51. The van der Waals surface area contributed by atoms with Gasteiger partial charge >= 0.3 is 0 Å². The predicted molar refractivity (Wildman–Crippen MR) is 75.6 cm³/mol. The standard InChI is InChI=1S/C17H27NO/c1-17-10-9-16(19)18-15(17)8-6-13-12-4-2-3-11(12)5-7-14(13)17/h11-15H,2-10H2,1H3,(H,18,19). The van der Waals surface area contributed by atoms with Gasteiger partial charge in [-0.2, -0.15) is 0 Å². The number of hydrogen-bond donors (Lipinski definition) is 1. The Morgan fingerprint density at radius 3 is 2.84 bits per heavy atom. The maximum Gasteiger partial charge on any atom is 0.220 e. The highest BCUT2D eigenvalue weighted by molar-refractivity contribution is 5.77. The van der Waals surface area contributed by atoms with E-state index in [0.29, 0.717) is 17.4 Å². The van der Waals surface area contributed by atoms with E-state index < -0.39 is 0 Å². The van der Waals surface area contributed by atoms with Gasteiger partial charge < -0.3 is 5.32 Å². The fraction of sp³-hybridized carbons (Fsp3) is 0.941. The van der Waals surface area contributed by atoms with Gasteiger partial charge in [0.15, 0.2) is 0 Å². The summed E-state index contributed by atoms with van der Waals surface area (Å²) in [5.41, 5.74) is 0.407. The zero-order valence-electron chi connectivity index (χ0n) is 12.2. The zero-order valence-corrected chi connectivity index (χ0v) is 12.2. The molecule has 0 aromatic carbocycles. The summed E-state index contributed by atoms with van der Waals surface area (Å²) in [7, 11) is 0. The molecule has 2 nitrogen and oxygen atoms in total.